The van der Waals surface area contributed by atoms with Gasteiger partial charge in [0.25, 0.3) is 0 Å². The van der Waals surface area contributed by atoms with Crippen LogP contribution in [0, 0.1) is 0 Å². The highest BCUT2D eigenvalue weighted by molar-refractivity contribution is 7.15. The lowest BCUT2D eigenvalue weighted by Crippen LogP contribution is -2.07. The molecule has 90 valence electrons. The number of aliphatic hydroxyl groups is 1. The highest BCUT2D eigenvalue weighted by atomic mass is 32.1. The zero-order valence-corrected chi connectivity index (χ0v) is 10.8. The lowest BCUT2D eigenvalue weighted by molar-refractivity contribution is 0.140. The molecule has 0 saturated heterocycles. The van der Waals surface area contributed by atoms with E-state index in [1.54, 1.807) is 18.4 Å². The Morgan fingerprint density at radius 1 is 1.50 bits per heavy atom. The molecule has 1 fully saturated rings. The monoisotopic (exact) mass is 242 g/mol. The first-order valence-corrected chi connectivity index (χ1v) is 6.29. The Hall–Kier alpha value is -0.810. The number of aryl methyl sites for hydroxylation is 1. The molecular formula is C11H18N2O2S. The van der Waals surface area contributed by atoms with Crippen molar-refractivity contribution in [3.8, 4) is 5.88 Å². The predicted octanol–water partition coefficient (Wildman–Crippen LogP) is 1.68. The molecule has 5 heteroatoms. The Morgan fingerprint density at radius 3 is 2.69 bits per heavy atom. The molecule has 1 aromatic heterocycles. The summed E-state index contributed by atoms with van der Waals surface area (Å²) in [7, 11) is 5.58. The normalized spacial score (nSPS) is 17.2. The third-order valence-corrected chi connectivity index (χ3v) is 4.13. The largest absolute Gasteiger partial charge is 0.480 e. The summed E-state index contributed by atoms with van der Waals surface area (Å²) in [6, 6.07) is 0. The van der Waals surface area contributed by atoms with Crippen LogP contribution in [0.2, 0.25) is 0 Å². The van der Waals surface area contributed by atoms with Crippen LogP contribution in [0.5, 0.6) is 5.88 Å². The molecule has 0 spiro atoms. The van der Waals surface area contributed by atoms with E-state index in [0.717, 1.165) is 35.7 Å². The summed E-state index contributed by atoms with van der Waals surface area (Å²) in [5.74, 6) is 0.706. The summed E-state index contributed by atoms with van der Waals surface area (Å²) in [6.07, 6.45) is 3.55. The average Bonchev–Trinajstić information content (AvgIpc) is 2.82. The maximum absolute atomic E-state index is 9.80. The van der Waals surface area contributed by atoms with Crippen molar-refractivity contribution in [2.75, 3.05) is 26.1 Å². The fourth-order valence-corrected chi connectivity index (χ4v) is 2.53. The van der Waals surface area contributed by atoms with Gasteiger partial charge in [-0.3, -0.25) is 0 Å². The second kappa shape index (κ2) is 4.22. The summed E-state index contributed by atoms with van der Waals surface area (Å²) in [6.45, 7) is 0. The first kappa shape index (κ1) is 11.7. The molecule has 0 radical (unpaired) electrons. The number of rotatable bonds is 5. The zero-order chi connectivity index (χ0) is 11.8. The second-order valence-electron chi connectivity index (χ2n) is 4.55. The second-order valence-corrected chi connectivity index (χ2v) is 5.61. The molecule has 0 atom stereocenters. The van der Waals surface area contributed by atoms with E-state index in [2.05, 4.69) is 4.98 Å². The van der Waals surface area contributed by atoms with Crippen molar-refractivity contribution >= 4 is 16.5 Å². The van der Waals surface area contributed by atoms with Crippen LogP contribution in [0.1, 0.15) is 24.1 Å². The summed E-state index contributed by atoms with van der Waals surface area (Å²) in [5, 5.41) is 10.8. The molecule has 1 aliphatic carbocycles. The molecule has 1 aliphatic rings. The van der Waals surface area contributed by atoms with Crippen molar-refractivity contribution in [2.24, 2.45) is 0 Å². The van der Waals surface area contributed by atoms with Crippen LogP contribution in [-0.2, 0) is 6.42 Å². The molecule has 16 heavy (non-hydrogen) atoms. The molecule has 0 bridgehead atoms. The zero-order valence-electron chi connectivity index (χ0n) is 9.99. The maximum Gasteiger partial charge on any atom is 0.229 e. The molecule has 1 saturated carbocycles. The van der Waals surface area contributed by atoms with Gasteiger partial charge in [0.2, 0.25) is 5.88 Å². The average molecular weight is 242 g/mol. The van der Waals surface area contributed by atoms with E-state index in [1.807, 2.05) is 19.0 Å². The van der Waals surface area contributed by atoms with Crippen LogP contribution in [-0.4, -0.2) is 36.9 Å². The van der Waals surface area contributed by atoms with Crippen LogP contribution in [0.3, 0.4) is 0 Å². The molecule has 1 aromatic rings. The van der Waals surface area contributed by atoms with Crippen LogP contribution in [0.25, 0.3) is 0 Å². The Labute approximate surface area is 99.9 Å². The maximum atomic E-state index is 9.80. The molecular weight excluding hydrogens is 224 g/mol. The minimum Gasteiger partial charge on any atom is -0.480 e. The smallest absolute Gasteiger partial charge is 0.229 e. The molecule has 0 aliphatic heterocycles. The van der Waals surface area contributed by atoms with Gasteiger partial charge in [0.05, 0.1) is 17.6 Å². The van der Waals surface area contributed by atoms with Gasteiger partial charge in [0.15, 0.2) is 5.13 Å². The predicted molar refractivity (Wildman–Crippen MR) is 65.5 cm³/mol. The van der Waals surface area contributed by atoms with E-state index < -0.39 is 5.60 Å². The Morgan fingerprint density at radius 2 is 2.19 bits per heavy atom. The van der Waals surface area contributed by atoms with Crippen molar-refractivity contribution in [3.05, 3.63) is 4.88 Å². The van der Waals surface area contributed by atoms with Gasteiger partial charge in [0.1, 0.15) is 0 Å². The minimum atomic E-state index is -0.396. The highest BCUT2D eigenvalue weighted by Gasteiger charge is 2.39. The highest BCUT2D eigenvalue weighted by Crippen LogP contribution is 2.41. The van der Waals surface area contributed by atoms with E-state index in [0.29, 0.717) is 5.88 Å². The van der Waals surface area contributed by atoms with Crippen LogP contribution in [0.15, 0.2) is 0 Å². The van der Waals surface area contributed by atoms with Crippen molar-refractivity contribution in [3.63, 3.8) is 0 Å². The van der Waals surface area contributed by atoms with Crippen molar-refractivity contribution in [1.82, 2.24) is 4.98 Å². The topological polar surface area (TPSA) is 45.6 Å². The first-order valence-electron chi connectivity index (χ1n) is 5.47. The summed E-state index contributed by atoms with van der Waals surface area (Å²) < 4.78 is 5.25. The van der Waals surface area contributed by atoms with Crippen molar-refractivity contribution in [2.45, 2.75) is 31.3 Å². The lowest BCUT2D eigenvalue weighted by Gasteiger charge is -2.06. The van der Waals surface area contributed by atoms with Gasteiger partial charge in [-0.2, -0.15) is 4.98 Å². The molecule has 2 rings (SSSR count). The Bertz CT molecular complexity index is 372. The van der Waals surface area contributed by atoms with Gasteiger partial charge in [-0.25, -0.2) is 0 Å². The number of aromatic nitrogens is 1. The number of thiazole rings is 1. The molecule has 1 N–H and O–H groups in total. The van der Waals surface area contributed by atoms with E-state index in [4.69, 9.17) is 4.74 Å². The summed E-state index contributed by atoms with van der Waals surface area (Å²) in [5.41, 5.74) is -0.396. The molecule has 0 unspecified atom stereocenters. The van der Waals surface area contributed by atoms with Gasteiger partial charge in [-0.15, -0.1) is 0 Å². The minimum absolute atomic E-state index is 0.396. The van der Waals surface area contributed by atoms with Crippen LogP contribution >= 0.6 is 11.3 Å². The van der Waals surface area contributed by atoms with E-state index in [1.165, 1.54) is 0 Å². The van der Waals surface area contributed by atoms with Gasteiger partial charge < -0.3 is 14.7 Å². The fourth-order valence-electron chi connectivity index (χ4n) is 1.58. The first-order chi connectivity index (χ1) is 7.54. The van der Waals surface area contributed by atoms with Crippen molar-refractivity contribution < 1.29 is 9.84 Å². The lowest BCUT2D eigenvalue weighted by atomic mass is 10.1. The third-order valence-electron chi connectivity index (χ3n) is 2.87. The van der Waals surface area contributed by atoms with Crippen LogP contribution in [0.4, 0.5) is 5.13 Å². The van der Waals surface area contributed by atoms with Gasteiger partial charge in [-0.1, -0.05) is 11.3 Å². The van der Waals surface area contributed by atoms with E-state index in [9.17, 15) is 5.11 Å². The Balaban J connectivity index is 2.06. The standard InChI is InChI=1S/C11H18N2O2S/c1-13(2)10-12-9(15-3)8(16-10)4-5-11(14)6-7-11/h14H,4-7H2,1-3H3. The van der Waals surface area contributed by atoms with Gasteiger partial charge in [-0.05, 0) is 25.7 Å². The molecule has 1 heterocycles. The van der Waals surface area contributed by atoms with Crippen LogP contribution < -0.4 is 9.64 Å². The summed E-state index contributed by atoms with van der Waals surface area (Å²) >= 11 is 1.64. The fraction of sp³-hybridized carbons (Fsp3) is 0.727. The quantitative estimate of drug-likeness (QED) is 0.853. The number of nitrogens with zero attached hydrogens (tertiary/aromatic N) is 2. The Kier molecular flexibility index (Phi) is 3.08. The molecule has 0 amide bonds. The molecule has 0 aromatic carbocycles. The number of anilines is 1. The molecule has 4 nitrogen and oxygen atoms in total. The van der Waals surface area contributed by atoms with E-state index in [-0.39, 0.29) is 0 Å². The van der Waals surface area contributed by atoms with E-state index >= 15 is 0 Å². The number of methoxy groups -OCH3 is 1. The number of hydrogen-bond donors (Lipinski definition) is 1. The summed E-state index contributed by atoms with van der Waals surface area (Å²) in [4.78, 5) is 7.50. The van der Waals surface area contributed by atoms with Crippen molar-refractivity contribution in [1.29, 1.82) is 0 Å². The number of ether oxygens (including phenoxy) is 1. The SMILES string of the molecule is COc1nc(N(C)C)sc1CCC1(O)CC1. The third kappa shape index (κ3) is 2.47. The van der Waals surface area contributed by atoms with Gasteiger partial charge >= 0.3 is 0 Å². The number of hydrogen-bond acceptors (Lipinski definition) is 5. The van der Waals surface area contributed by atoms with Gasteiger partial charge in [0, 0.05) is 14.1 Å².